The van der Waals surface area contributed by atoms with Crippen molar-refractivity contribution in [3.05, 3.63) is 56.7 Å². The highest BCUT2D eigenvalue weighted by Gasteiger charge is 2.13. The van der Waals surface area contributed by atoms with E-state index >= 15 is 0 Å². The van der Waals surface area contributed by atoms with E-state index in [1.54, 1.807) is 9.25 Å². The third-order valence-electron chi connectivity index (χ3n) is 3.32. The van der Waals surface area contributed by atoms with E-state index in [1.807, 2.05) is 38.2 Å². The largest absolute Gasteiger partial charge is 0.299 e. The Morgan fingerprint density at radius 2 is 2.05 bits per heavy atom. The van der Waals surface area contributed by atoms with E-state index in [-0.39, 0.29) is 5.56 Å². The quantitative estimate of drug-likeness (QED) is 0.723. The number of rotatable bonds is 2. The van der Waals surface area contributed by atoms with Crippen LogP contribution in [0.1, 0.15) is 11.4 Å². The van der Waals surface area contributed by atoms with Crippen LogP contribution in [0.5, 0.6) is 0 Å². The Balaban J connectivity index is 2.20. The van der Waals surface area contributed by atoms with E-state index in [0.29, 0.717) is 6.54 Å². The maximum Gasteiger partial charge on any atom is 0.269 e. The molecule has 0 saturated heterocycles. The van der Waals surface area contributed by atoms with Gasteiger partial charge in [-0.2, -0.15) is 5.10 Å². The van der Waals surface area contributed by atoms with Crippen molar-refractivity contribution in [3.63, 3.8) is 0 Å². The predicted octanol–water partition coefficient (Wildman–Crippen LogP) is 2.25. The molecular weight excluding hydrogens is 320 g/mol. The van der Waals surface area contributed by atoms with Crippen LogP contribution in [-0.4, -0.2) is 19.3 Å². The molecular formula is C14H13BrN4O. The molecule has 0 unspecified atom stereocenters. The Bertz CT molecular complexity index is 850. The summed E-state index contributed by atoms with van der Waals surface area (Å²) < 4.78 is 4.44. The Labute approximate surface area is 124 Å². The normalized spacial score (nSPS) is 11.2. The van der Waals surface area contributed by atoms with Crippen molar-refractivity contribution in [1.82, 2.24) is 19.3 Å². The second kappa shape index (κ2) is 4.86. The molecule has 2 aromatic heterocycles. The second-order valence-corrected chi connectivity index (χ2v) is 5.43. The zero-order valence-corrected chi connectivity index (χ0v) is 12.8. The van der Waals surface area contributed by atoms with Crippen molar-refractivity contribution in [3.8, 4) is 0 Å². The smallest absolute Gasteiger partial charge is 0.269 e. The second-order valence-electron chi connectivity index (χ2n) is 4.64. The van der Waals surface area contributed by atoms with Crippen LogP contribution in [0.25, 0.3) is 11.0 Å². The molecule has 0 bridgehead atoms. The van der Waals surface area contributed by atoms with Crippen LogP contribution < -0.4 is 5.56 Å². The lowest BCUT2D eigenvalue weighted by molar-refractivity contribution is 0.660. The Morgan fingerprint density at radius 1 is 1.30 bits per heavy atom. The van der Waals surface area contributed by atoms with Crippen LogP contribution in [0.4, 0.5) is 0 Å². The summed E-state index contributed by atoms with van der Waals surface area (Å²) in [6.07, 6.45) is 1.36. The van der Waals surface area contributed by atoms with E-state index in [9.17, 15) is 4.79 Å². The number of fused-ring (bicyclic) bond motifs is 1. The monoisotopic (exact) mass is 332 g/mol. The fourth-order valence-electron chi connectivity index (χ4n) is 2.28. The average Bonchev–Trinajstić information content (AvgIpc) is 2.68. The molecule has 2 heterocycles. The van der Waals surface area contributed by atoms with Gasteiger partial charge in [0.1, 0.15) is 0 Å². The van der Waals surface area contributed by atoms with Gasteiger partial charge in [0.25, 0.3) is 5.56 Å². The van der Waals surface area contributed by atoms with Gasteiger partial charge in [0, 0.05) is 7.05 Å². The minimum atomic E-state index is -0.116. The lowest BCUT2D eigenvalue weighted by atomic mass is 10.3. The number of hydrogen-bond donors (Lipinski definition) is 0. The highest BCUT2D eigenvalue weighted by Crippen LogP contribution is 2.21. The van der Waals surface area contributed by atoms with Crippen molar-refractivity contribution in [2.45, 2.75) is 13.5 Å². The first-order chi connectivity index (χ1) is 9.58. The van der Waals surface area contributed by atoms with Gasteiger partial charge in [0.15, 0.2) is 0 Å². The topological polar surface area (TPSA) is 52.7 Å². The maximum atomic E-state index is 12.1. The van der Waals surface area contributed by atoms with Gasteiger partial charge in [-0.3, -0.25) is 14.0 Å². The minimum Gasteiger partial charge on any atom is -0.299 e. The molecule has 0 fully saturated rings. The van der Waals surface area contributed by atoms with Gasteiger partial charge in [-0.15, -0.1) is 0 Å². The van der Waals surface area contributed by atoms with Gasteiger partial charge < -0.3 is 0 Å². The lowest BCUT2D eigenvalue weighted by Crippen LogP contribution is -2.22. The summed E-state index contributed by atoms with van der Waals surface area (Å²) in [5.74, 6) is 0. The van der Waals surface area contributed by atoms with Crippen molar-refractivity contribution >= 4 is 27.0 Å². The molecule has 3 aromatic rings. The van der Waals surface area contributed by atoms with Gasteiger partial charge in [-0.1, -0.05) is 12.1 Å². The number of aromatic nitrogens is 4. The fraction of sp³-hybridized carbons (Fsp3) is 0.214. The van der Waals surface area contributed by atoms with Crippen LogP contribution >= 0.6 is 15.9 Å². The molecule has 0 N–H and O–H groups in total. The van der Waals surface area contributed by atoms with Crippen LogP contribution in [0.3, 0.4) is 0 Å². The summed E-state index contributed by atoms with van der Waals surface area (Å²) in [6, 6.07) is 7.62. The summed E-state index contributed by atoms with van der Waals surface area (Å²) in [4.78, 5) is 16.3. The van der Waals surface area contributed by atoms with E-state index in [0.717, 1.165) is 26.9 Å². The molecule has 0 spiro atoms. The SMILES string of the molecule is Cc1nn(C)c(Cn2c(=O)cnc3ccccc32)c1Br. The summed E-state index contributed by atoms with van der Waals surface area (Å²) in [5.41, 5.74) is 3.39. The number of benzene rings is 1. The molecule has 0 aliphatic carbocycles. The van der Waals surface area contributed by atoms with Crippen LogP contribution in [0.2, 0.25) is 0 Å². The molecule has 20 heavy (non-hydrogen) atoms. The summed E-state index contributed by atoms with van der Waals surface area (Å²) in [5, 5.41) is 4.36. The van der Waals surface area contributed by atoms with Crippen LogP contribution in [0, 0.1) is 6.92 Å². The molecule has 0 atom stereocenters. The van der Waals surface area contributed by atoms with Crippen molar-refractivity contribution in [1.29, 1.82) is 0 Å². The van der Waals surface area contributed by atoms with Crippen LogP contribution in [0.15, 0.2) is 39.7 Å². The zero-order chi connectivity index (χ0) is 14.3. The molecule has 0 saturated carbocycles. The molecule has 3 rings (SSSR count). The Kier molecular flexibility index (Phi) is 3.17. The fourth-order valence-corrected chi connectivity index (χ4v) is 2.74. The third-order valence-corrected chi connectivity index (χ3v) is 4.35. The first-order valence-corrected chi connectivity index (χ1v) is 7.00. The molecule has 1 aromatic carbocycles. The van der Waals surface area contributed by atoms with Crippen molar-refractivity contribution in [2.24, 2.45) is 7.05 Å². The lowest BCUT2D eigenvalue weighted by Gasteiger charge is -2.10. The number of aryl methyl sites for hydroxylation is 2. The van der Waals surface area contributed by atoms with E-state index in [2.05, 4.69) is 26.0 Å². The average molecular weight is 333 g/mol. The molecule has 5 nitrogen and oxygen atoms in total. The molecule has 0 amide bonds. The molecule has 6 heteroatoms. The highest BCUT2D eigenvalue weighted by molar-refractivity contribution is 9.10. The zero-order valence-electron chi connectivity index (χ0n) is 11.2. The van der Waals surface area contributed by atoms with Crippen LogP contribution in [-0.2, 0) is 13.6 Å². The van der Waals surface area contributed by atoms with Crippen molar-refractivity contribution in [2.75, 3.05) is 0 Å². The van der Waals surface area contributed by atoms with E-state index < -0.39 is 0 Å². The predicted molar refractivity (Wildman–Crippen MR) is 80.8 cm³/mol. The minimum absolute atomic E-state index is 0.116. The van der Waals surface area contributed by atoms with Gasteiger partial charge >= 0.3 is 0 Å². The van der Waals surface area contributed by atoms with Gasteiger partial charge in [0.05, 0.1) is 39.6 Å². The standard InChI is InChI=1S/C14H13BrN4O/c1-9-14(15)12(18(2)17-9)8-19-11-6-4-3-5-10(11)16-7-13(19)20/h3-7H,8H2,1-2H3. The molecule has 0 aliphatic rings. The van der Waals surface area contributed by atoms with E-state index in [4.69, 9.17) is 0 Å². The number of para-hydroxylation sites is 2. The first kappa shape index (κ1) is 13.1. The highest BCUT2D eigenvalue weighted by atomic mass is 79.9. The number of nitrogens with zero attached hydrogens (tertiary/aromatic N) is 4. The maximum absolute atomic E-state index is 12.1. The van der Waals surface area contributed by atoms with Gasteiger partial charge in [-0.05, 0) is 35.0 Å². The van der Waals surface area contributed by atoms with Gasteiger partial charge in [-0.25, -0.2) is 4.98 Å². The van der Waals surface area contributed by atoms with E-state index in [1.165, 1.54) is 6.20 Å². The van der Waals surface area contributed by atoms with Gasteiger partial charge in [0.2, 0.25) is 0 Å². The third kappa shape index (κ3) is 2.06. The summed E-state index contributed by atoms with van der Waals surface area (Å²) >= 11 is 3.53. The molecule has 0 radical (unpaired) electrons. The summed E-state index contributed by atoms with van der Waals surface area (Å²) in [7, 11) is 1.88. The number of halogens is 1. The molecule has 102 valence electrons. The molecule has 0 aliphatic heterocycles. The Morgan fingerprint density at radius 3 is 2.75 bits per heavy atom. The Hall–Kier alpha value is -1.95. The van der Waals surface area contributed by atoms with Crippen molar-refractivity contribution < 1.29 is 0 Å². The summed E-state index contributed by atoms with van der Waals surface area (Å²) in [6.45, 7) is 2.39. The number of hydrogen-bond acceptors (Lipinski definition) is 3. The first-order valence-electron chi connectivity index (χ1n) is 6.20.